The van der Waals surface area contributed by atoms with Crippen molar-refractivity contribution in [3.8, 4) is 12.3 Å². The normalized spacial score (nSPS) is 18.1. The zero-order valence-corrected chi connectivity index (χ0v) is 14.7. The molecular formula is C18H22F6N2. The van der Waals surface area contributed by atoms with E-state index in [1.165, 1.54) is 19.9 Å². The molecule has 2 nitrogen and oxygen atoms in total. The first-order chi connectivity index (χ1) is 11.6. The van der Waals surface area contributed by atoms with Gasteiger partial charge in [-0.15, -0.1) is 6.42 Å². The molecule has 0 saturated carbocycles. The fourth-order valence-electron chi connectivity index (χ4n) is 2.51. The number of halogens is 6. The Hall–Kier alpha value is -2.30. The number of alkyl halides is 6. The fourth-order valence-corrected chi connectivity index (χ4v) is 2.51. The first kappa shape index (κ1) is 23.7. The Kier molecular flexibility index (Phi) is 7.65. The average Bonchev–Trinajstić information content (AvgIpc) is 2.49. The molecule has 0 radical (unpaired) electrons. The van der Waals surface area contributed by atoms with Gasteiger partial charge >= 0.3 is 12.4 Å². The highest BCUT2D eigenvalue weighted by Gasteiger charge is 2.53. The van der Waals surface area contributed by atoms with E-state index >= 15 is 0 Å². The van der Waals surface area contributed by atoms with Crippen molar-refractivity contribution in [1.29, 1.82) is 0 Å². The number of hydrogen-bond acceptors (Lipinski definition) is 2. The summed E-state index contributed by atoms with van der Waals surface area (Å²) in [5, 5.41) is 0. The smallest absolute Gasteiger partial charge is 0.399 e. The summed E-state index contributed by atoms with van der Waals surface area (Å²) in [4.78, 5) is 0. The number of terminal acetylenes is 1. The van der Waals surface area contributed by atoms with Crippen molar-refractivity contribution in [1.82, 2.24) is 0 Å². The van der Waals surface area contributed by atoms with Gasteiger partial charge in [0.2, 0.25) is 0 Å². The van der Waals surface area contributed by atoms with Gasteiger partial charge in [-0.05, 0) is 25.5 Å². The van der Waals surface area contributed by atoms with Crippen LogP contribution in [0.2, 0.25) is 0 Å². The molecule has 0 bridgehead atoms. The van der Waals surface area contributed by atoms with Crippen LogP contribution in [0.1, 0.15) is 27.2 Å². The minimum absolute atomic E-state index is 0.267. The van der Waals surface area contributed by atoms with Crippen LogP contribution in [0.25, 0.3) is 0 Å². The second-order valence-electron chi connectivity index (χ2n) is 5.89. The number of nitrogens with two attached hydrogens (primary N) is 2. The van der Waals surface area contributed by atoms with Gasteiger partial charge in [-0.25, -0.2) is 0 Å². The van der Waals surface area contributed by atoms with Crippen LogP contribution in [-0.4, -0.2) is 12.4 Å². The van der Waals surface area contributed by atoms with Crippen LogP contribution in [0, 0.1) is 23.7 Å². The molecule has 146 valence electrons. The second kappa shape index (κ2) is 8.39. The standard InChI is InChI=1S/C18H22F6N2/c1-6-12(26)10-14(17(19,20)21)13(7-2)16(5,8-3)15(9-11(4)25)18(22,23)24/h2,6,9-10,13H,4,8,25-26H2,1,3,5H3/b12-6+,14-10+,15-9+. The zero-order valence-electron chi connectivity index (χ0n) is 14.7. The van der Waals surface area contributed by atoms with Crippen LogP contribution in [-0.2, 0) is 0 Å². The molecule has 4 N–H and O–H groups in total. The Morgan fingerprint density at radius 3 is 1.88 bits per heavy atom. The maximum Gasteiger partial charge on any atom is 0.413 e. The predicted molar refractivity (Wildman–Crippen MR) is 90.3 cm³/mol. The maximum atomic E-state index is 13.6. The van der Waals surface area contributed by atoms with Gasteiger partial charge in [0.25, 0.3) is 0 Å². The van der Waals surface area contributed by atoms with Gasteiger partial charge in [-0.2, -0.15) is 26.3 Å². The molecule has 0 aliphatic carbocycles. The summed E-state index contributed by atoms with van der Waals surface area (Å²) in [7, 11) is 0. The molecule has 8 heteroatoms. The van der Waals surface area contributed by atoms with Gasteiger partial charge in [-0.3, -0.25) is 0 Å². The molecule has 0 spiro atoms. The van der Waals surface area contributed by atoms with E-state index in [0.29, 0.717) is 12.2 Å². The molecule has 2 unspecified atom stereocenters. The molecule has 0 aromatic carbocycles. The van der Waals surface area contributed by atoms with E-state index in [0.717, 1.165) is 6.92 Å². The third-order valence-corrected chi connectivity index (χ3v) is 4.08. The lowest BCUT2D eigenvalue weighted by Crippen LogP contribution is -2.39. The molecule has 2 atom stereocenters. The lowest BCUT2D eigenvalue weighted by Gasteiger charge is -2.39. The van der Waals surface area contributed by atoms with E-state index in [1.54, 1.807) is 0 Å². The van der Waals surface area contributed by atoms with Crippen molar-refractivity contribution in [2.75, 3.05) is 0 Å². The Bertz CT molecular complexity index is 659. The third-order valence-electron chi connectivity index (χ3n) is 4.08. The Labute approximate surface area is 149 Å². The Morgan fingerprint density at radius 1 is 1.12 bits per heavy atom. The summed E-state index contributed by atoms with van der Waals surface area (Å²) in [5.74, 6) is -0.0730. The first-order valence-electron chi connectivity index (χ1n) is 7.55. The average molecular weight is 380 g/mol. The topological polar surface area (TPSA) is 52.0 Å². The van der Waals surface area contributed by atoms with Crippen molar-refractivity contribution in [2.45, 2.75) is 39.5 Å². The summed E-state index contributed by atoms with van der Waals surface area (Å²) < 4.78 is 81.4. The summed E-state index contributed by atoms with van der Waals surface area (Å²) >= 11 is 0. The molecule has 0 aliphatic heterocycles. The predicted octanol–water partition coefficient (Wildman–Crippen LogP) is 4.96. The number of rotatable bonds is 6. The van der Waals surface area contributed by atoms with Crippen molar-refractivity contribution < 1.29 is 26.3 Å². The van der Waals surface area contributed by atoms with Crippen LogP contribution >= 0.6 is 0 Å². The van der Waals surface area contributed by atoms with Gasteiger partial charge in [0.1, 0.15) is 0 Å². The fraction of sp³-hybridized carbons (Fsp3) is 0.444. The third kappa shape index (κ3) is 5.61. The van der Waals surface area contributed by atoms with Crippen molar-refractivity contribution in [3.63, 3.8) is 0 Å². The molecular weight excluding hydrogens is 358 g/mol. The van der Waals surface area contributed by atoms with Gasteiger partial charge < -0.3 is 11.5 Å². The lowest BCUT2D eigenvalue weighted by atomic mass is 9.66. The van der Waals surface area contributed by atoms with Crippen LogP contribution in [0.4, 0.5) is 26.3 Å². The van der Waals surface area contributed by atoms with E-state index in [2.05, 4.69) is 6.58 Å². The van der Waals surface area contributed by atoms with Gasteiger partial charge in [0, 0.05) is 22.4 Å². The van der Waals surface area contributed by atoms with Crippen LogP contribution in [0.15, 0.2) is 47.3 Å². The quantitative estimate of drug-likeness (QED) is 0.389. The molecule has 0 aromatic heterocycles. The first-order valence-corrected chi connectivity index (χ1v) is 7.55. The van der Waals surface area contributed by atoms with E-state index in [4.69, 9.17) is 17.9 Å². The van der Waals surface area contributed by atoms with Crippen LogP contribution in [0.5, 0.6) is 0 Å². The van der Waals surface area contributed by atoms with Crippen molar-refractivity contribution in [3.05, 3.63) is 47.3 Å². The van der Waals surface area contributed by atoms with Crippen molar-refractivity contribution in [2.24, 2.45) is 22.8 Å². The molecule has 0 rings (SSSR count). The largest absolute Gasteiger partial charge is 0.413 e. The minimum Gasteiger partial charge on any atom is -0.399 e. The van der Waals surface area contributed by atoms with E-state index in [1.807, 2.05) is 5.92 Å². The Balaban J connectivity index is 6.83. The molecule has 26 heavy (non-hydrogen) atoms. The summed E-state index contributed by atoms with van der Waals surface area (Å²) in [5.41, 5.74) is 5.26. The van der Waals surface area contributed by atoms with Gasteiger partial charge in [-0.1, -0.05) is 32.4 Å². The zero-order chi connectivity index (χ0) is 20.9. The highest BCUT2D eigenvalue weighted by molar-refractivity contribution is 5.38. The van der Waals surface area contributed by atoms with Crippen LogP contribution < -0.4 is 11.5 Å². The summed E-state index contributed by atoms with van der Waals surface area (Å²) in [6.45, 7) is 6.91. The highest BCUT2D eigenvalue weighted by atomic mass is 19.4. The van der Waals surface area contributed by atoms with Gasteiger partial charge in [0.05, 0.1) is 11.5 Å². The molecule has 0 aromatic rings. The van der Waals surface area contributed by atoms with Crippen molar-refractivity contribution >= 4 is 0 Å². The molecule has 0 saturated heterocycles. The second-order valence-corrected chi connectivity index (χ2v) is 5.89. The molecule has 0 aliphatic rings. The SMILES string of the molecule is C#CC(/C(=C\C(N)=C/C)C(F)(F)F)C(C)(CC)/C(=C\C(=C)N)C(F)(F)F. The Morgan fingerprint density at radius 2 is 1.62 bits per heavy atom. The molecule has 0 fully saturated rings. The van der Waals surface area contributed by atoms with Gasteiger partial charge in [0.15, 0.2) is 0 Å². The van der Waals surface area contributed by atoms with Crippen LogP contribution in [0.3, 0.4) is 0 Å². The molecule has 0 heterocycles. The van der Waals surface area contributed by atoms with E-state index in [9.17, 15) is 26.3 Å². The minimum atomic E-state index is -4.97. The summed E-state index contributed by atoms with van der Waals surface area (Å²) in [6, 6.07) is 0. The number of hydrogen-bond donors (Lipinski definition) is 2. The van der Waals surface area contributed by atoms with E-state index < -0.39 is 40.5 Å². The summed E-state index contributed by atoms with van der Waals surface area (Å²) in [6.07, 6.45) is -2.74. The van der Waals surface area contributed by atoms with E-state index in [-0.39, 0.29) is 12.1 Å². The maximum absolute atomic E-state index is 13.6. The highest BCUT2D eigenvalue weighted by Crippen LogP contribution is 2.51. The molecule has 0 amide bonds. The monoisotopic (exact) mass is 380 g/mol. The number of allylic oxidation sites excluding steroid dienone is 5. The lowest BCUT2D eigenvalue weighted by molar-refractivity contribution is -0.119.